The highest BCUT2D eigenvalue weighted by Gasteiger charge is 2.43. The van der Waals surface area contributed by atoms with Crippen molar-refractivity contribution >= 4 is 41.7 Å². The minimum Gasteiger partial charge on any atom is -0.113 e. The number of hydrogen-bond acceptors (Lipinski definition) is 0. The van der Waals surface area contributed by atoms with Crippen molar-refractivity contribution in [2.45, 2.75) is 37.7 Å². The van der Waals surface area contributed by atoms with E-state index in [-0.39, 0.29) is 10.8 Å². The van der Waals surface area contributed by atoms with Gasteiger partial charge in [0.05, 0.1) is 10.8 Å². The van der Waals surface area contributed by atoms with Gasteiger partial charge in [-0.25, -0.2) is 0 Å². The zero-order chi connectivity index (χ0) is 17.9. The van der Waals surface area contributed by atoms with E-state index >= 15 is 0 Å². The molecule has 0 spiro atoms. The molecule has 0 fully saturated rings. The lowest BCUT2D eigenvalue weighted by Gasteiger charge is -2.30. The zero-order valence-electron chi connectivity index (χ0n) is 15.0. The standard InChI is InChI=1S/C22H22Cl2Si/c1-13-19(23)15-9-5-7-11-17(15)21(13)25(3,4)22-14(2)20(24)16-10-6-8-12-18(16)22/h5-12,19-20H,1-4H3. The summed E-state index contributed by atoms with van der Waals surface area (Å²) in [7, 11) is -1.96. The summed E-state index contributed by atoms with van der Waals surface area (Å²) in [6.07, 6.45) is 0. The van der Waals surface area contributed by atoms with Crippen molar-refractivity contribution in [3.63, 3.8) is 0 Å². The molecule has 0 nitrogen and oxygen atoms in total. The maximum absolute atomic E-state index is 6.79. The Kier molecular flexibility index (Phi) is 4.03. The second-order valence-electron chi connectivity index (χ2n) is 7.64. The largest absolute Gasteiger partial charge is 0.113 e. The van der Waals surface area contributed by atoms with E-state index in [1.165, 1.54) is 43.8 Å². The average Bonchev–Trinajstić information content (AvgIpc) is 3.01. The van der Waals surface area contributed by atoms with Gasteiger partial charge in [0.1, 0.15) is 8.07 Å². The molecule has 0 saturated heterocycles. The number of hydrogen-bond donors (Lipinski definition) is 0. The maximum Gasteiger partial charge on any atom is 0.113 e. The van der Waals surface area contributed by atoms with Crippen LogP contribution < -0.4 is 0 Å². The lowest BCUT2D eigenvalue weighted by atomic mass is 10.1. The predicted octanol–water partition coefficient (Wildman–Crippen LogP) is 7.31. The molecule has 0 heterocycles. The van der Waals surface area contributed by atoms with Gasteiger partial charge in [-0.2, -0.15) is 0 Å². The molecular weight excluding hydrogens is 363 g/mol. The van der Waals surface area contributed by atoms with Crippen molar-refractivity contribution in [1.82, 2.24) is 0 Å². The molecule has 0 aliphatic heterocycles. The van der Waals surface area contributed by atoms with E-state index in [4.69, 9.17) is 23.2 Å². The van der Waals surface area contributed by atoms with Gasteiger partial charge in [0.15, 0.2) is 0 Å². The minimum absolute atomic E-state index is 0.0117. The fourth-order valence-corrected chi connectivity index (χ4v) is 9.91. The monoisotopic (exact) mass is 384 g/mol. The van der Waals surface area contributed by atoms with Crippen LogP contribution in [0.1, 0.15) is 46.9 Å². The lowest BCUT2D eigenvalue weighted by molar-refractivity contribution is 1.14. The quantitative estimate of drug-likeness (QED) is 0.376. The Morgan fingerprint density at radius 3 is 1.44 bits per heavy atom. The first kappa shape index (κ1) is 17.1. The number of alkyl halides is 2. The fraction of sp³-hybridized carbons (Fsp3) is 0.273. The predicted molar refractivity (Wildman–Crippen MR) is 113 cm³/mol. The Morgan fingerprint density at radius 2 is 1.04 bits per heavy atom. The third-order valence-electron chi connectivity index (χ3n) is 5.81. The van der Waals surface area contributed by atoms with Crippen LogP contribution in [0.15, 0.2) is 59.7 Å². The van der Waals surface area contributed by atoms with Gasteiger partial charge in [-0.3, -0.25) is 0 Å². The average molecular weight is 385 g/mol. The van der Waals surface area contributed by atoms with Gasteiger partial charge in [-0.05, 0) is 46.5 Å². The third kappa shape index (κ3) is 2.33. The lowest BCUT2D eigenvalue weighted by Crippen LogP contribution is -2.31. The molecule has 0 saturated carbocycles. The van der Waals surface area contributed by atoms with E-state index < -0.39 is 8.07 Å². The Labute approximate surface area is 161 Å². The van der Waals surface area contributed by atoms with E-state index in [1.54, 1.807) is 0 Å². The first-order valence-electron chi connectivity index (χ1n) is 8.75. The van der Waals surface area contributed by atoms with Crippen molar-refractivity contribution in [1.29, 1.82) is 0 Å². The van der Waals surface area contributed by atoms with E-state index in [0.717, 1.165) is 0 Å². The third-order valence-corrected chi connectivity index (χ3v) is 10.8. The summed E-state index contributed by atoms with van der Waals surface area (Å²) in [4.78, 5) is 0. The molecule has 0 bridgehead atoms. The summed E-state index contributed by atoms with van der Waals surface area (Å²) in [5, 5.41) is 2.95. The van der Waals surface area contributed by atoms with Gasteiger partial charge in [0.2, 0.25) is 0 Å². The molecule has 2 unspecified atom stereocenters. The molecule has 2 aromatic carbocycles. The summed E-state index contributed by atoms with van der Waals surface area (Å²) in [6, 6.07) is 17.2. The summed E-state index contributed by atoms with van der Waals surface area (Å²) in [5.74, 6) is 0. The first-order valence-corrected chi connectivity index (χ1v) is 12.6. The van der Waals surface area contributed by atoms with Gasteiger partial charge in [-0.1, -0.05) is 72.8 Å². The normalized spacial score (nSPS) is 22.5. The molecule has 0 radical (unpaired) electrons. The second kappa shape index (κ2) is 5.87. The van der Waals surface area contributed by atoms with Crippen LogP contribution in [-0.2, 0) is 0 Å². The Morgan fingerprint density at radius 1 is 0.680 bits per heavy atom. The van der Waals surface area contributed by atoms with Crippen LogP contribution in [0.3, 0.4) is 0 Å². The van der Waals surface area contributed by atoms with Crippen LogP contribution in [0.25, 0.3) is 10.4 Å². The Balaban J connectivity index is 1.95. The van der Waals surface area contributed by atoms with Crippen LogP contribution >= 0.6 is 23.2 Å². The molecule has 2 aromatic rings. The Hall–Kier alpha value is -1.28. The Bertz CT molecular complexity index is 861. The van der Waals surface area contributed by atoms with E-state index in [0.29, 0.717) is 0 Å². The topological polar surface area (TPSA) is 0 Å². The highest BCUT2D eigenvalue weighted by atomic mass is 35.5. The minimum atomic E-state index is -1.96. The molecule has 2 aliphatic carbocycles. The van der Waals surface area contributed by atoms with Crippen LogP contribution in [0, 0.1) is 0 Å². The van der Waals surface area contributed by atoms with Crippen molar-refractivity contribution < 1.29 is 0 Å². The molecule has 128 valence electrons. The summed E-state index contributed by atoms with van der Waals surface area (Å²) >= 11 is 13.6. The number of allylic oxidation sites excluding steroid dienone is 2. The SMILES string of the molecule is CC1=C([Si](C)(C)C2=C(C)C(Cl)c3ccccc32)c2ccccc2C1Cl. The molecule has 3 heteroatoms. The van der Waals surface area contributed by atoms with Crippen molar-refractivity contribution in [2.75, 3.05) is 0 Å². The molecule has 4 rings (SSSR count). The first-order chi connectivity index (χ1) is 11.9. The van der Waals surface area contributed by atoms with Crippen molar-refractivity contribution in [2.24, 2.45) is 0 Å². The number of fused-ring (bicyclic) bond motifs is 2. The van der Waals surface area contributed by atoms with E-state index in [2.05, 4.69) is 75.5 Å². The summed E-state index contributed by atoms with van der Waals surface area (Å²) in [5.41, 5.74) is 7.82. The smallest absolute Gasteiger partial charge is 0.113 e. The maximum atomic E-state index is 6.79. The molecule has 0 aromatic heterocycles. The molecule has 25 heavy (non-hydrogen) atoms. The molecule has 0 amide bonds. The van der Waals surface area contributed by atoms with Crippen LogP contribution in [-0.4, -0.2) is 8.07 Å². The van der Waals surface area contributed by atoms with Gasteiger partial charge in [0.25, 0.3) is 0 Å². The highest BCUT2D eigenvalue weighted by Crippen LogP contribution is 2.55. The van der Waals surface area contributed by atoms with Crippen LogP contribution in [0.4, 0.5) is 0 Å². The molecular formula is C22H22Cl2Si. The summed E-state index contributed by atoms with van der Waals surface area (Å²) in [6.45, 7) is 9.30. The number of benzene rings is 2. The van der Waals surface area contributed by atoms with Gasteiger partial charge < -0.3 is 0 Å². The van der Waals surface area contributed by atoms with Gasteiger partial charge in [0, 0.05) is 0 Å². The zero-order valence-corrected chi connectivity index (χ0v) is 17.5. The summed E-state index contributed by atoms with van der Waals surface area (Å²) < 4.78 is 0. The van der Waals surface area contributed by atoms with Crippen molar-refractivity contribution in [3.8, 4) is 0 Å². The number of rotatable bonds is 2. The van der Waals surface area contributed by atoms with Gasteiger partial charge in [-0.15, -0.1) is 23.2 Å². The van der Waals surface area contributed by atoms with Crippen LogP contribution in [0.2, 0.25) is 13.1 Å². The number of halogens is 2. The van der Waals surface area contributed by atoms with E-state index in [9.17, 15) is 0 Å². The fourth-order valence-electron chi connectivity index (χ4n) is 4.82. The van der Waals surface area contributed by atoms with E-state index in [1.807, 2.05) is 0 Å². The van der Waals surface area contributed by atoms with Crippen molar-refractivity contribution in [3.05, 3.63) is 81.9 Å². The molecule has 0 N–H and O–H groups in total. The highest BCUT2D eigenvalue weighted by molar-refractivity contribution is 7.09. The van der Waals surface area contributed by atoms with Gasteiger partial charge >= 0.3 is 0 Å². The molecule has 2 atom stereocenters. The molecule has 2 aliphatic rings. The van der Waals surface area contributed by atoms with Crippen LogP contribution in [0.5, 0.6) is 0 Å². The second-order valence-corrected chi connectivity index (χ2v) is 12.8.